The van der Waals surface area contributed by atoms with Gasteiger partial charge in [0.1, 0.15) is 12.0 Å². The second kappa shape index (κ2) is 7.83. The molecule has 27 heavy (non-hydrogen) atoms. The Bertz CT molecular complexity index is 999. The maximum Gasteiger partial charge on any atom is 0.354 e. The maximum absolute atomic E-state index is 12.6. The summed E-state index contributed by atoms with van der Waals surface area (Å²) < 4.78 is 7.02. The van der Waals surface area contributed by atoms with Gasteiger partial charge in [-0.25, -0.2) is 19.6 Å². The third-order valence-electron chi connectivity index (χ3n) is 4.47. The van der Waals surface area contributed by atoms with Crippen molar-refractivity contribution in [1.29, 1.82) is 0 Å². The summed E-state index contributed by atoms with van der Waals surface area (Å²) >= 11 is 0. The molecule has 0 aliphatic heterocycles. The molecule has 0 fully saturated rings. The van der Waals surface area contributed by atoms with Crippen molar-refractivity contribution in [3.05, 3.63) is 65.8 Å². The highest BCUT2D eigenvalue weighted by atomic mass is 16.5. The second-order valence-corrected chi connectivity index (χ2v) is 5.97. The number of hydrogen-bond donors (Lipinski definition) is 0. The van der Waals surface area contributed by atoms with Gasteiger partial charge in [-0.15, -0.1) is 0 Å². The highest BCUT2D eigenvalue weighted by Crippen LogP contribution is 2.40. The molecule has 0 saturated carbocycles. The van der Waals surface area contributed by atoms with Gasteiger partial charge in [-0.3, -0.25) is 0 Å². The number of carbonyl (C=O) groups excluding carboxylic acids is 1. The average molecular weight is 360 g/mol. The van der Waals surface area contributed by atoms with E-state index in [-0.39, 0.29) is 6.61 Å². The highest BCUT2D eigenvalue weighted by Gasteiger charge is 2.26. The average Bonchev–Trinajstić information content (AvgIpc) is 3.00. The SMILES string of the molecule is [C-]#[N+]c1c(-c2ccc(-c3cncnc3)cc2)c(C(=O)OCC)n(C)c1CC. The zero-order chi connectivity index (χ0) is 19.4. The Morgan fingerprint density at radius 2 is 1.74 bits per heavy atom. The minimum absolute atomic E-state index is 0.283. The van der Waals surface area contributed by atoms with Crippen LogP contribution < -0.4 is 0 Å². The molecule has 0 atom stereocenters. The molecular weight excluding hydrogens is 340 g/mol. The van der Waals surface area contributed by atoms with Gasteiger partial charge >= 0.3 is 5.97 Å². The van der Waals surface area contributed by atoms with Crippen molar-refractivity contribution in [3.63, 3.8) is 0 Å². The fraction of sp³-hybridized carbons (Fsp3) is 0.238. The molecule has 0 radical (unpaired) electrons. The first-order valence-electron chi connectivity index (χ1n) is 8.74. The van der Waals surface area contributed by atoms with Gasteiger partial charge in [0.25, 0.3) is 0 Å². The molecule has 0 saturated heterocycles. The van der Waals surface area contributed by atoms with Crippen LogP contribution >= 0.6 is 0 Å². The van der Waals surface area contributed by atoms with E-state index in [0.717, 1.165) is 22.4 Å². The first-order valence-corrected chi connectivity index (χ1v) is 8.74. The molecule has 6 nitrogen and oxygen atoms in total. The van der Waals surface area contributed by atoms with E-state index in [0.29, 0.717) is 23.4 Å². The van der Waals surface area contributed by atoms with Crippen molar-refractivity contribution < 1.29 is 9.53 Å². The lowest BCUT2D eigenvalue weighted by molar-refractivity contribution is 0.0516. The summed E-state index contributed by atoms with van der Waals surface area (Å²) in [5.41, 5.74) is 5.03. The quantitative estimate of drug-likeness (QED) is 0.498. The molecule has 6 heteroatoms. The molecule has 0 N–H and O–H groups in total. The summed E-state index contributed by atoms with van der Waals surface area (Å²) in [4.78, 5) is 24.4. The summed E-state index contributed by atoms with van der Waals surface area (Å²) in [5.74, 6) is -0.417. The zero-order valence-electron chi connectivity index (χ0n) is 15.6. The van der Waals surface area contributed by atoms with Gasteiger partial charge < -0.3 is 9.30 Å². The normalized spacial score (nSPS) is 10.4. The van der Waals surface area contributed by atoms with Crippen LogP contribution in [0, 0.1) is 6.57 Å². The summed E-state index contributed by atoms with van der Waals surface area (Å²) in [6.07, 6.45) is 5.63. The maximum atomic E-state index is 12.6. The van der Waals surface area contributed by atoms with Crippen LogP contribution in [0.3, 0.4) is 0 Å². The van der Waals surface area contributed by atoms with Crippen molar-refractivity contribution in [2.45, 2.75) is 20.3 Å². The van der Waals surface area contributed by atoms with Crippen molar-refractivity contribution in [2.24, 2.45) is 7.05 Å². The van der Waals surface area contributed by atoms with E-state index in [1.54, 1.807) is 30.9 Å². The first-order chi connectivity index (χ1) is 13.1. The Kier molecular flexibility index (Phi) is 5.32. The summed E-state index contributed by atoms with van der Waals surface area (Å²) in [5, 5.41) is 0. The number of carbonyl (C=O) groups is 1. The van der Waals surface area contributed by atoms with Crippen LogP contribution in [0.15, 0.2) is 43.0 Å². The van der Waals surface area contributed by atoms with E-state index in [1.165, 1.54) is 6.33 Å². The third kappa shape index (κ3) is 3.32. The standard InChI is InChI=1S/C21H20N4O2/c1-5-17-19(22-3)18(20(25(17)4)21(26)27-6-2)15-9-7-14(8-10-15)16-11-23-13-24-12-16/h7-13H,5-6H2,1-2,4H3. The minimum atomic E-state index is -0.417. The van der Waals surface area contributed by atoms with Crippen molar-refractivity contribution >= 4 is 11.7 Å². The van der Waals surface area contributed by atoms with Crippen LogP contribution in [0.2, 0.25) is 0 Å². The fourth-order valence-corrected chi connectivity index (χ4v) is 3.23. The van der Waals surface area contributed by atoms with Crippen LogP contribution in [-0.2, 0) is 18.2 Å². The monoisotopic (exact) mass is 360 g/mol. The predicted molar refractivity (Wildman–Crippen MR) is 103 cm³/mol. The smallest absolute Gasteiger partial charge is 0.354 e. The molecule has 0 aliphatic rings. The summed E-state index contributed by atoms with van der Waals surface area (Å²) in [6, 6.07) is 7.70. The number of benzene rings is 1. The molecule has 3 aromatic rings. The Morgan fingerprint density at radius 3 is 2.30 bits per heavy atom. The largest absolute Gasteiger partial charge is 0.461 e. The van der Waals surface area contributed by atoms with E-state index < -0.39 is 5.97 Å². The van der Waals surface area contributed by atoms with Crippen molar-refractivity contribution in [2.75, 3.05) is 6.61 Å². The second-order valence-electron chi connectivity index (χ2n) is 5.97. The Hall–Kier alpha value is -3.46. The van der Waals surface area contributed by atoms with Gasteiger partial charge in [-0.2, -0.15) is 0 Å². The lowest BCUT2D eigenvalue weighted by Gasteiger charge is -2.09. The van der Waals surface area contributed by atoms with Gasteiger partial charge in [0.05, 0.1) is 13.2 Å². The lowest BCUT2D eigenvalue weighted by atomic mass is 10.00. The van der Waals surface area contributed by atoms with Gasteiger partial charge in [-0.05, 0) is 24.5 Å². The number of esters is 1. The summed E-state index contributed by atoms with van der Waals surface area (Å²) in [6.45, 7) is 11.7. The van der Waals surface area contributed by atoms with Gasteiger partial charge in [0, 0.05) is 36.3 Å². The Morgan fingerprint density at radius 1 is 1.11 bits per heavy atom. The predicted octanol–water partition coefficient (Wildman–Crippen LogP) is 4.44. The number of hydrogen-bond acceptors (Lipinski definition) is 4. The number of nitrogens with zero attached hydrogens (tertiary/aromatic N) is 4. The number of ether oxygens (including phenoxy) is 1. The molecule has 0 unspecified atom stereocenters. The van der Waals surface area contributed by atoms with Gasteiger partial charge in [-0.1, -0.05) is 31.2 Å². The van der Waals surface area contributed by atoms with Crippen LogP contribution in [0.1, 0.15) is 30.0 Å². The topological polar surface area (TPSA) is 61.4 Å². The molecule has 0 amide bonds. The molecule has 3 rings (SSSR count). The third-order valence-corrected chi connectivity index (χ3v) is 4.47. The first kappa shape index (κ1) is 18.3. The lowest BCUT2D eigenvalue weighted by Crippen LogP contribution is -2.12. The molecular formula is C21H20N4O2. The number of aromatic nitrogens is 3. The van der Waals surface area contributed by atoms with E-state index in [2.05, 4.69) is 14.8 Å². The zero-order valence-corrected chi connectivity index (χ0v) is 15.6. The van der Waals surface area contributed by atoms with E-state index in [9.17, 15) is 4.79 Å². The summed E-state index contributed by atoms with van der Waals surface area (Å²) in [7, 11) is 1.80. The van der Waals surface area contributed by atoms with Crippen LogP contribution in [0.4, 0.5) is 5.69 Å². The molecule has 136 valence electrons. The van der Waals surface area contributed by atoms with Crippen molar-refractivity contribution in [1.82, 2.24) is 14.5 Å². The van der Waals surface area contributed by atoms with Crippen LogP contribution in [0.25, 0.3) is 27.1 Å². The van der Waals surface area contributed by atoms with Gasteiger partial charge in [0.2, 0.25) is 5.69 Å². The Labute approximate surface area is 158 Å². The van der Waals surface area contributed by atoms with E-state index in [4.69, 9.17) is 11.3 Å². The molecule has 2 aromatic heterocycles. The van der Waals surface area contributed by atoms with E-state index >= 15 is 0 Å². The molecule has 1 aromatic carbocycles. The minimum Gasteiger partial charge on any atom is -0.461 e. The molecule has 2 heterocycles. The molecule has 0 aliphatic carbocycles. The van der Waals surface area contributed by atoms with Crippen molar-refractivity contribution in [3.8, 4) is 22.3 Å². The Balaban J connectivity index is 2.15. The molecule has 0 spiro atoms. The number of rotatable bonds is 5. The highest BCUT2D eigenvalue weighted by molar-refractivity contribution is 6.01. The van der Waals surface area contributed by atoms with Gasteiger partial charge in [0.15, 0.2) is 0 Å². The molecule has 0 bridgehead atoms. The van der Waals surface area contributed by atoms with E-state index in [1.807, 2.05) is 31.2 Å². The van der Waals surface area contributed by atoms with Crippen LogP contribution in [-0.4, -0.2) is 27.1 Å². The fourth-order valence-electron chi connectivity index (χ4n) is 3.23. The van der Waals surface area contributed by atoms with Crippen LogP contribution in [0.5, 0.6) is 0 Å².